The predicted molar refractivity (Wildman–Crippen MR) is 146 cm³/mol. The van der Waals surface area contributed by atoms with Crippen LogP contribution in [-0.2, 0) is 6.54 Å². The molecule has 8 heteroatoms. The number of nitrogens with one attached hydrogen (secondary N) is 2. The summed E-state index contributed by atoms with van der Waals surface area (Å²) in [5, 5.41) is 6.35. The average molecular weight is 566 g/mol. The summed E-state index contributed by atoms with van der Waals surface area (Å²) in [6.07, 6.45) is 0.923. The number of nitrogens with zero attached hydrogens (tertiary/aromatic N) is 3. The van der Waals surface area contributed by atoms with Crippen LogP contribution in [0.4, 0.5) is 5.69 Å². The zero-order chi connectivity index (χ0) is 22.8. The normalized spacial score (nSPS) is 13.8. The van der Waals surface area contributed by atoms with Crippen LogP contribution in [0.2, 0.25) is 0 Å². The summed E-state index contributed by atoms with van der Waals surface area (Å²) in [5.74, 6) is 1.79. The summed E-state index contributed by atoms with van der Waals surface area (Å²) in [6.45, 7) is 9.72. The van der Waals surface area contributed by atoms with Crippen LogP contribution in [0.1, 0.15) is 36.2 Å². The third kappa shape index (κ3) is 7.52. The minimum atomic E-state index is -0.0305. The Morgan fingerprint density at radius 1 is 1.03 bits per heavy atom. The lowest BCUT2D eigenvalue weighted by molar-refractivity contribution is 0.0953. The topological polar surface area (TPSA) is 69.2 Å². The molecule has 1 aliphatic heterocycles. The Morgan fingerprint density at radius 3 is 2.48 bits per heavy atom. The quantitative estimate of drug-likeness (QED) is 0.290. The highest BCUT2D eigenvalue weighted by atomic mass is 127. The van der Waals surface area contributed by atoms with Crippen molar-refractivity contribution in [3.63, 3.8) is 0 Å². The summed E-state index contributed by atoms with van der Waals surface area (Å²) in [6, 6.07) is 15.9. The van der Waals surface area contributed by atoms with E-state index in [1.165, 1.54) is 0 Å². The van der Waals surface area contributed by atoms with E-state index in [2.05, 4.69) is 33.4 Å². The van der Waals surface area contributed by atoms with Gasteiger partial charge in [0.2, 0.25) is 0 Å². The minimum absolute atomic E-state index is 0. The van der Waals surface area contributed by atoms with E-state index in [1.807, 2.05) is 49.4 Å². The number of benzene rings is 2. The molecule has 1 fully saturated rings. The molecule has 0 radical (unpaired) electrons. The van der Waals surface area contributed by atoms with Crippen LogP contribution in [-0.4, -0.2) is 63.1 Å². The molecule has 0 atom stereocenters. The third-order valence-corrected chi connectivity index (χ3v) is 5.48. The molecule has 0 bridgehead atoms. The molecule has 0 saturated carbocycles. The first kappa shape index (κ1) is 26.8. The molecular weight excluding hydrogens is 529 g/mol. The largest absolute Gasteiger partial charge is 0.495 e. The first-order valence-electron chi connectivity index (χ1n) is 11.4. The number of carbonyl (C=O) groups excluding carboxylic acids is 1. The highest BCUT2D eigenvalue weighted by molar-refractivity contribution is 14.0. The molecule has 0 unspecified atom stereocenters. The molecule has 180 valence electrons. The van der Waals surface area contributed by atoms with E-state index in [4.69, 9.17) is 9.73 Å². The molecular formula is C25H36IN5O2. The number of para-hydroxylation sites is 2. The number of hydrogen-bond acceptors (Lipinski definition) is 4. The maximum atomic E-state index is 12.3. The predicted octanol–water partition coefficient (Wildman–Crippen LogP) is 3.74. The van der Waals surface area contributed by atoms with Gasteiger partial charge < -0.3 is 25.2 Å². The fourth-order valence-electron chi connectivity index (χ4n) is 3.79. The summed E-state index contributed by atoms with van der Waals surface area (Å²) in [7, 11) is 1.72. The molecule has 7 nitrogen and oxygen atoms in total. The molecule has 1 saturated heterocycles. The van der Waals surface area contributed by atoms with E-state index in [0.29, 0.717) is 18.7 Å². The van der Waals surface area contributed by atoms with Crippen molar-refractivity contribution in [3.8, 4) is 5.75 Å². The number of carbonyl (C=O) groups is 1. The van der Waals surface area contributed by atoms with Crippen LogP contribution in [0.3, 0.4) is 0 Å². The number of aliphatic imine (C=N–C) groups is 1. The highest BCUT2D eigenvalue weighted by Gasteiger charge is 2.21. The summed E-state index contributed by atoms with van der Waals surface area (Å²) in [5.41, 5.74) is 2.84. The molecule has 33 heavy (non-hydrogen) atoms. The fourth-order valence-corrected chi connectivity index (χ4v) is 3.79. The first-order valence-corrected chi connectivity index (χ1v) is 11.4. The molecule has 0 spiro atoms. The van der Waals surface area contributed by atoms with Crippen molar-refractivity contribution < 1.29 is 9.53 Å². The molecule has 0 aliphatic carbocycles. The van der Waals surface area contributed by atoms with Gasteiger partial charge in [0.05, 0.1) is 19.3 Å². The van der Waals surface area contributed by atoms with Crippen molar-refractivity contribution in [1.29, 1.82) is 0 Å². The van der Waals surface area contributed by atoms with Gasteiger partial charge in [-0.1, -0.05) is 31.2 Å². The van der Waals surface area contributed by atoms with Gasteiger partial charge in [-0.25, -0.2) is 4.99 Å². The SMILES string of the molecule is CCCNC(=O)c1cccc(CN=C(NCC)N2CCN(c3ccccc3OC)CC2)c1.I. The van der Waals surface area contributed by atoms with Crippen LogP contribution in [0.5, 0.6) is 5.75 Å². The smallest absolute Gasteiger partial charge is 0.251 e. The second kappa shape index (κ2) is 13.9. The van der Waals surface area contributed by atoms with Gasteiger partial charge in [0.1, 0.15) is 5.75 Å². The molecule has 3 rings (SSSR count). The van der Waals surface area contributed by atoms with Crippen LogP contribution in [0.25, 0.3) is 0 Å². The van der Waals surface area contributed by atoms with Crippen molar-refractivity contribution in [3.05, 3.63) is 59.7 Å². The number of amides is 1. The Bertz CT molecular complexity index is 913. The van der Waals surface area contributed by atoms with Crippen molar-refractivity contribution in [2.75, 3.05) is 51.3 Å². The number of piperazine rings is 1. The zero-order valence-electron chi connectivity index (χ0n) is 19.8. The van der Waals surface area contributed by atoms with E-state index in [-0.39, 0.29) is 29.9 Å². The summed E-state index contributed by atoms with van der Waals surface area (Å²) >= 11 is 0. The van der Waals surface area contributed by atoms with Crippen LogP contribution < -0.4 is 20.3 Å². The van der Waals surface area contributed by atoms with Gasteiger partial charge in [-0.3, -0.25) is 4.79 Å². The third-order valence-electron chi connectivity index (χ3n) is 5.48. The van der Waals surface area contributed by atoms with Gasteiger partial charge in [0.25, 0.3) is 5.91 Å². The Morgan fingerprint density at radius 2 is 1.79 bits per heavy atom. The van der Waals surface area contributed by atoms with Crippen LogP contribution in [0, 0.1) is 0 Å². The fraction of sp³-hybridized carbons (Fsp3) is 0.440. The maximum absolute atomic E-state index is 12.3. The second-order valence-corrected chi connectivity index (χ2v) is 7.77. The van der Waals surface area contributed by atoms with E-state index in [9.17, 15) is 4.79 Å². The first-order chi connectivity index (χ1) is 15.7. The number of rotatable bonds is 8. The molecule has 1 amide bonds. The number of anilines is 1. The Kier molecular flexibility index (Phi) is 11.3. The number of methoxy groups -OCH3 is 1. The van der Waals surface area contributed by atoms with Gasteiger partial charge in [-0.15, -0.1) is 24.0 Å². The van der Waals surface area contributed by atoms with Gasteiger partial charge in [-0.2, -0.15) is 0 Å². The molecule has 1 aliphatic rings. The molecule has 2 aromatic carbocycles. The Balaban J connectivity index is 0.00000385. The maximum Gasteiger partial charge on any atom is 0.251 e. The van der Waals surface area contributed by atoms with Crippen molar-refractivity contribution in [1.82, 2.24) is 15.5 Å². The molecule has 2 N–H and O–H groups in total. The lowest BCUT2D eigenvalue weighted by Gasteiger charge is -2.38. The Hall–Kier alpha value is -2.49. The summed E-state index contributed by atoms with van der Waals surface area (Å²) in [4.78, 5) is 21.8. The monoisotopic (exact) mass is 565 g/mol. The van der Waals surface area contributed by atoms with Crippen LogP contribution >= 0.6 is 24.0 Å². The lowest BCUT2D eigenvalue weighted by Crippen LogP contribution is -2.52. The van der Waals surface area contributed by atoms with Crippen LogP contribution in [0.15, 0.2) is 53.5 Å². The number of ether oxygens (including phenoxy) is 1. The van der Waals surface area contributed by atoms with E-state index in [1.54, 1.807) is 7.11 Å². The molecule has 0 aromatic heterocycles. The molecule has 2 aromatic rings. The lowest BCUT2D eigenvalue weighted by atomic mass is 10.1. The van der Waals surface area contributed by atoms with Gasteiger partial charge >= 0.3 is 0 Å². The minimum Gasteiger partial charge on any atom is -0.495 e. The second-order valence-electron chi connectivity index (χ2n) is 7.77. The van der Waals surface area contributed by atoms with Gasteiger partial charge in [0, 0.05) is 44.8 Å². The number of hydrogen-bond donors (Lipinski definition) is 2. The van der Waals surface area contributed by atoms with Crippen molar-refractivity contribution >= 4 is 41.5 Å². The Labute approximate surface area is 214 Å². The van der Waals surface area contributed by atoms with E-state index >= 15 is 0 Å². The summed E-state index contributed by atoms with van der Waals surface area (Å²) < 4.78 is 5.53. The number of halogens is 1. The molecule has 1 heterocycles. The highest BCUT2D eigenvalue weighted by Crippen LogP contribution is 2.28. The average Bonchev–Trinajstić information content (AvgIpc) is 2.85. The number of guanidine groups is 1. The van der Waals surface area contributed by atoms with Gasteiger partial charge in [-0.05, 0) is 43.2 Å². The standard InChI is InChI=1S/C25H35N5O2.HI/c1-4-13-27-24(31)21-10-8-9-20(18-21)19-28-25(26-5-2)30-16-14-29(15-17-30)22-11-6-7-12-23(22)32-3;/h6-12,18H,4-5,13-17,19H2,1-3H3,(H,26,28)(H,27,31);1H. The van der Waals surface area contributed by atoms with Crippen molar-refractivity contribution in [2.45, 2.75) is 26.8 Å². The van der Waals surface area contributed by atoms with Crippen molar-refractivity contribution in [2.24, 2.45) is 4.99 Å². The zero-order valence-corrected chi connectivity index (χ0v) is 22.2. The van der Waals surface area contributed by atoms with E-state index < -0.39 is 0 Å². The van der Waals surface area contributed by atoms with E-state index in [0.717, 1.165) is 62.1 Å². The van der Waals surface area contributed by atoms with Gasteiger partial charge in [0.15, 0.2) is 5.96 Å².